The Morgan fingerprint density at radius 1 is 1.03 bits per heavy atom. The standard InChI is InChI=1S/C26H28ClN3O2S/c27-14-4-9-21-20(11-14)22(12-29-21)33-13-15(28)3-1-2-10-30-25(31)23-18-7-8-19(24(23)26(30)32)17-6-5-16(17)18/h4-9,11-12,15-19,29,31-32H,1-3,10,13,28H2. The number of nitrogens with two attached hydrogens (primary N) is 1. The van der Waals surface area contributed by atoms with Gasteiger partial charge in [-0.05, 0) is 42.9 Å². The highest BCUT2D eigenvalue weighted by molar-refractivity contribution is 7.99. The van der Waals surface area contributed by atoms with Crippen LogP contribution in [0.2, 0.25) is 5.02 Å². The molecule has 0 amide bonds. The number of rotatable bonds is 8. The van der Waals surface area contributed by atoms with E-state index in [2.05, 4.69) is 29.3 Å². The summed E-state index contributed by atoms with van der Waals surface area (Å²) in [6.07, 6.45) is 13.6. The molecule has 4 aliphatic rings. The van der Waals surface area contributed by atoms with Crippen molar-refractivity contribution in [3.8, 4) is 11.8 Å². The smallest absolute Gasteiger partial charge is 0.198 e. The number of aromatic nitrogens is 2. The fourth-order valence-corrected chi connectivity index (χ4v) is 7.00. The third-order valence-corrected chi connectivity index (χ3v) is 9.05. The summed E-state index contributed by atoms with van der Waals surface area (Å²) in [4.78, 5) is 4.45. The second-order valence-electron chi connectivity index (χ2n) is 9.51. The Kier molecular flexibility index (Phi) is 5.28. The van der Waals surface area contributed by atoms with E-state index in [9.17, 15) is 10.2 Å². The number of aromatic hydroxyl groups is 2. The molecule has 2 aromatic heterocycles. The molecular weight excluding hydrogens is 454 g/mol. The normalized spacial score (nSPS) is 25.3. The number of halogens is 1. The minimum Gasteiger partial charge on any atom is -0.494 e. The first-order valence-corrected chi connectivity index (χ1v) is 13.0. The average Bonchev–Trinajstić information content (AvgIpc) is 3.29. The second kappa shape index (κ2) is 8.19. The van der Waals surface area contributed by atoms with Gasteiger partial charge in [0.05, 0.1) is 0 Å². The van der Waals surface area contributed by atoms with Crippen LogP contribution in [0.4, 0.5) is 0 Å². The summed E-state index contributed by atoms with van der Waals surface area (Å²) >= 11 is 7.90. The molecule has 2 heterocycles. The zero-order valence-corrected chi connectivity index (χ0v) is 19.8. The molecule has 0 spiro atoms. The lowest BCUT2D eigenvalue weighted by atomic mass is 9.56. The third-order valence-electron chi connectivity index (χ3n) is 7.57. The Balaban J connectivity index is 1.04. The first kappa shape index (κ1) is 21.3. The topological polar surface area (TPSA) is 87.2 Å². The molecule has 0 fully saturated rings. The number of aromatic amines is 1. The van der Waals surface area contributed by atoms with E-state index in [0.29, 0.717) is 18.4 Å². The van der Waals surface area contributed by atoms with Crippen molar-refractivity contribution >= 4 is 34.3 Å². The number of unbranched alkanes of at least 4 members (excludes halogenated alkanes) is 1. The quantitative estimate of drug-likeness (QED) is 0.184. The van der Waals surface area contributed by atoms with E-state index >= 15 is 0 Å². The van der Waals surface area contributed by atoms with Gasteiger partial charge in [0.25, 0.3) is 0 Å². The van der Waals surface area contributed by atoms with E-state index in [4.69, 9.17) is 17.3 Å². The number of H-pyrrole nitrogens is 1. The van der Waals surface area contributed by atoms with Gasteiger partial charge in [-0.3, -0.25) is 4.57 Å². The molecule has 0 radical (unpaired) electrons. The second-order valence-corrected chi connectivity index (χ2v) is 11.0. The predicted molar refractivity (Wildman–Crippen MR) is 134 cm³/mol. The van der Waals surface area contributed by atoms with Gasteiger partial charge in [-0.1, -0.05) is 42.3 Å². The van der Waals surface area contributed by atoms with Gasteiger partial charge in [0.15, 0.2) is 11.8 Å². The molecule has 33 heavy (non-hydrogen) atoms. The van der Waals surface area contributed by atoms with Crippen LogP contribution in [-0.2, 0) is 6.54 Å². The maximum Gasteiger partial charge on any atom is 0.198 e. The summed E-state index contributed by atoms with van der Waals surface area (Å²) in [6.45, 7) is 0.605. The van der Waals surface area contributed by atoms with Gasteiger partial charge in [-0.15, -0.1) is 11.8 Å². The number of thioether (sulfide) groups is 1. The van der Waals surface area contributed by atoms with E-state index in [0.717, 1.165) is 52.1 Å². The third kappa shape index (κ3) is 3.42. The van der Waals surface area contributed by atoms with Crippen LogP contribution < -0.4 is 5.73 Å². The molecule has 3 aromatic rings. The number of allylic oxidation sites excluding steroid dienone is 4. The minimum atomic E-state index is 0.0842. The Bertz CT molecular complexity index is 1230. The van der Waals surface area contributed by atoms with Crippen LogP contribution in [0, 0.1) is 11.8 Å². The summed E-state index contributed by atoms with van der Waals surface area (Å²) in [7, 11) is 0. The molecule has 1 aromatic carbocycles. The molecule has 172 valence electrons. The number of hydrogen-bond donors (Lipinski definition) is 4. The van der Waals surface area contributed by atoms with E-state index in [1.165, 1.54) is 4.90 Å². The van der Waals surface area contributed by atoms with Crippen LogP contribution in [-0.4, -0.2) is 31.6 Å². The van der Waals surface area contributed by atoms with Gasteiger partial charge in [-0.2, -0.15) is 0 Å². The van der Waals surface area contributed by atoms with Crippen molar-refractivity contribution in [3.05, 3.63) is 64.8 Å². The zero-order valence-electron chi connectivity index (χ0n) is 18.2. The first-order valence-electron chi connectivity index (χ1n) is 11.7. The molecule has 7 heteroatoms. The van der Waals surface area contributed by atoms with Gasteiger partial charge in [0.1, 0.15) is 0 Å². The highest BCUT2D eigenvalue weighted by Crippen LogP contribution is 2.61. The SMILES string of the molecule is NC(CCCCn1c(O)c2c(c1O)C1C=CC2C2C=CC12)CSc1c[nH]c2ccc(Cl)cc12. The zero-order chi connectivity index (χ0) is 22.7. The Morgan fingerprint density at radius 3 is 2.39 bits per heavy atom. The lowest BCUT2D eigenvalue weighted by Gasteiger charge is -2.47. The summed E-state index contributed by atoms with van der Waals surface area (Å²) < 4.78 is 1.71. The number of hydrogen-bond acceptors (Lipinski definition) is 4. The highest BCUT2D eigenvalue weighted by atomic mass is 35.5. The molecule has 5 unspecified atom stereocenters. The van der Waals surface area contributed by atoms with Crippen molar-refractivity contribution in [2.24, 2.45) is 17.6 Å². The van der Waals surface area contributed by atoms with Crippen LogP contribution in [0.25, 0.3) is 10.9 Å². The fraction of sp³-hybridized carbons (Fsp3) is 0.385. The fourth-order valence-electron chi connectivity index (χ4n) is 5.80. The van der Waals surface area contributed by atoms with Gasteiger partial charge in [0, 0.05) is 68.3 Å². The first-order chi connectivity index (χ1) is 16.0. The van der Waals surface area contributed by atoms with Crippen molar-refractivity contribution < 1.29 is 10.2 Å². The Morgan fingerprint density at radius 2 is 1.73 bits per heavy atom. The Labute approximate surface area is 202 Å². The summed E-state index contributed by atoms with van der Waals surface area (Å²) in [5.41, 5.74) is 9.35. The lowest BCUT2D eigenvalue weighted by Crippen LogP contribution is -2.36. The molecule has 0 saturated carbocycles. The van der Waals surface area contributed by atoms with Crippen molar-refractivity contribution in [2.75, 3.05) is 5.75 Å². The van der Waals surface area contributed by atoms with Crippen LogP contribution in [0.5, 0.6) is 11.8 Å². The van der Waals surface area contributed by atoms with Crippen LogP contribution in [0.3, 0.4) is 0 Å². The number of nitrogens with one attached hydrogen (secondary N) is 1. The van der Waals surface area contributed by atoms with Crippen molar-refractivity contribution in [1.29, 1.82) is 0 Å². The maximum absolute atomic E-state index is 10.9. The van der Waals surface area contributed by atoms with Crippen LogP contribution in [0.15, 0.2) is 53.6 Å². The van der Waals surface area contributed by atoms with Crippen LogP contribution in [0.1, 0.15) is 42.2 Å². The van der Waals surface area contributed by atoms with Crippen molar-refractivity contribution in [2.45, 2.75) is 48.6 Å². The highest BCUT2D eigenvalue weighted by Gasteiger charge is 2.49. The Hall–Kier alpha value is -2.28. The molecule has 5 atom stereocenters. The lowest BCUT2D eigenvalue weighted by molar-refractivity contribution is 0.306. The number of benzene rings is 1. The number of nitrogens with zero attached hydrogens (tertiary/aromatic N) is 1. The van der Waals surface area contributed by atoms with Crippen LogP contribution >= 0.6 is 23.4 Å². The molecular formula is C26H28ClN3O2S. The maximum atomic E-state index is 10.9. The summed E-state index contributed by atoms with van der Waals surface area (Å²) in [5.74, 6) is 2.65. The van der Waals surface area contributed by atoms with Gasteiger partial charge in [-0.25, -0.2) is 0 Å². The van der Waals surface area contributed by atoms with E-state index in [1.54, 1.807) is 16.3 Å². The van der Waals surface area contributed by atoms with E-state index in [-0.39, 0.29) is 29.6 Å². The van der Waals surface area contributed by atoms with E-state index < -0.39 is 0 Å². The largest absolute Gasteiger partial charge is 0.494 e. The predicted octanol–water partition coefficient (Wildman–Crippen LogP) is 5.88. The van der Waals surface area contributed by atoms with Gasteiger partial charge in [0.2, 0.25) is 0 Å². The summed E-state index contributed by atoms with van der Waals surface area (Å²) in [6, 6.07) is 5.95. The molecule has 2 bridgehead atoms. The molecule has 5 N–H and O–H groups in total. The monoisotopic (exact) mass is 481 g/mol. The van der Waals surface area contributed by atoms with Gasteiger partial charge >= 0.3 is 0 Å². The molecule has 5 nitrogen and oxygen atoms in total. The van der Waals surface area contributed by atoms with Gasteiger partial charge < -0.3 is 20.9 Å². The molecule has 4 aliphatic carbocycles. The summed E-state index contributed by atoms with van der Waals surface area (Å²) in [5, 5.41) is 23.7. The minimum absolute atomic E-state index is 0.0842. The molecule has 7 rings (SSSR count). The average molecular weight is 482 g/mol. The molecule has 0 saturated heterocycles. The molecule has 0 aliphatic heterocycles. The van der Waals surface area contributed by atoms with Crippen molar-refractivity contribution in [3.63, 3.8) is 0 Å². The van der Waals surface area contributed by atoms with Crippen molar-refractivity contribution in [1.82, 2.24) is 9.55 Å². The number of fused-ring (bicyclic) bond motifs is 1. The van der Waals surface area contributed by atoms with E-state index in [1.807, 2.05) is 24.4 Å².